The first-order valence-electron chi connectivity index (χ1n) is 11.2. The second-order valence-corrected chi connectivity index (χ2v) is 8.06. The first-order chi connectivity index (χ1) is 16.9. The van der Waals surface area contributed by atoms with E-state index >= 15 is 0 Å². The highest BCUT2D eigenvalue weighted by Gasteiger charge is 2.38. The zero-order valence-electron chi connectivity index (χ0n) is 19.4. The molecular formula is C27H25N3O5. The summed E-state index contributed by atoms with van der Waals surface area (Å²) in [7, 11) is 0. The van der Waals surface area contributed by atoms with Crippen molar-refractivity contribution >= 4 is 40.8 Å². The molecule has 0 saturated carbocycles. The van der Waals surface area contributed by atoms with Gasteiger partial charge in [0.1, 0.15) is 6.04 Å². The van der Waals surface area contributed by atoms with E-state index in [1.54, 1.807) is 67.6 Å². The summed E-state index contributed by atoms with van der Waals surface area (Å²) in [5.74, 6) is -1.70. The normalized spacial score (nSPS) is 14.5. The van der Waals surface area contributed by atoms with Crippen LogP contribution < -0.4 is 15.5 Å². The van der Waals surface area contributed by atoms with Crippen molar-refractivity contribution in [3.8, 4) is 0 Å². The highest BCUT2D eigenvalue weighted by molar-refractivity contribution is 6.18. The fraction of sp³-hybridized carbons (Fsp3) is 0.185. The van der Waals surface area contributed by atoms with Gasteiger partial charge in [-0.1, -0.05) is 30.3 Å². The number of nitrogens with one attached hydrogen (secondary N) is 2. The summed E-state index contributed by atoms with van der Waals surface area (Å²) in [6.45, 7) is 3.81. The van der Waals surface area contributed by atoms with Crippen LogP contribution in [0.4, 0.5) is 17.1 Å². The molecule has 0 saturated heterocycles. The zero-order chi connectivity index (χ0) is 24.9. The minimum absolute atomic E-state index is 0.253. The topological polar surface area (TPSA) is 105 Å². The molecule has 8 heteroatoms. The van der Waals surface area contributed by atoms with Crippen LogP contribution in [0.25, 0.3) is 0 Å². The van der Waals surface area contributed by atoms with Crippen molar-refractivity contribution < 1.29 is 23.9 Å². The van der Waals surface area contributed by atoms with Crippen LogP contribution in [-0.2, 0) is 14.3 Å². The lowest BCUT2D eigenvalue weighted by atomic mass is 10.0. The van der Waals surface area contributed by atoms with Gasteiger partial charge in [0, 0.05) is 11.3 Å². The Morgan fingerprint density at radius 3 is 2.37 bits per heavy atom. The number of rotatable bonds is 6. The quantitative estimate of drug-likeness (QED) is 0.525. The van der Waals surface area contributed by atoms with Gasteiger partial charge in [-0.25, -0.2) is 4.79 Å². The predicted octanol–water partition coefficient (Wildman–Crippen LogP) is 4.17. The lowest BCUT2D eigenvalue weighted by Gasteiger charge is -2.36. The number of fused-ring (bicyclic) bond motifs is 1. The Kier molecular flexibility index (Phi) is 6.91. The highest BCUT2D eigenvalue weighted by Crippen LogP contribution is 2.34. The Balaban J connectivity index is 1.58. The number of esters is 1. The van der Waals surface area contributed by atoms with E-state index in [1.165, 1.54) is 4.90 Å². The molecular weight excluding hydrogens is 446 g/mol. The first-order valence-corrected chi connectivity index (χ1v) is 11.2. The van der Waals surface area contributed by atoms with Crippen molar-refractivity contribution in [3.05, 3.63) is 89.5 Å². The Morgan fingerprint density at radius 2 is 1.66 bits per heavy atom. The molecule has 0 bridgehead atoms. The molecule has 0 aromatic heterocycles. The highest BCUT2D eigenvalue weighted by atomic mass is 16.5. The molecule has 4 rings (SSSR count). The zero-order valence-corrected chi connectivity index (χ0v) is 19.4. The first kappa shape index (κ1) is 23.7. The number of carbonyl (C=O) groups is 4. The number of carbonyl (C=O) groups excluding carboxylic acids is 4. The standard InChI is InChI=1S/C27H25N3O5/c1-3-35-27(34)18-12-14-19(15-13-18)28-24(31)16-23-25(32)29-21-10-6-7-11-22(21)30(23)26(33)20-9-5-4-8-17(20)2/h4-15,23H,3,16H2,1-2H3,(H,28,31)(H,29,32)/t23-/m1/s1. The summed E-state index contributed by atoms with van der Waals surface area (Å²) in [6, 6.07) is 19.3. The molecule has 2 N–H and O–H groups in total. The van der Waals surface area contributed by atoms with Crippen LogP contribution in [0, 0.1) is 6.92 Å². The van der Waals surface area contributed by atoms with Crippen LogP contribution in [0.15, 0.2) is 72.8 Å². The average molecular weight is 472 g/mol. The summed E-state index contributed by atoms with van der Waals surface area (Å²) in [4.78, 5) is 52.8. The van der Waals surface area contributed by atoms with Crippen LogP contribution >= 0.6 is 0 Å². The van der Waals surface area contributed by atoms with Crippen molar-refractivity contribution in [2.45, 2.75) is 26.3 Å². The molecule has 8 nitrogen and oxygen atoms in total. The van der Waals surface area contributed by atoms with Crippen LogP contribution in [0.1, 0.15) is 39.6 Å². The average Bonchev–Trinajstić information content (AvgIpc) is 2.85. The van der Waals surface area contributed by atoms with Gasteiger partial charge in [-0.15, -0.1) is 0 Å². The van der Waals surface area contributed by atoms with E-state index < -0.39 is 23.8 Å². The van der Waals surface area contributed by atoms with Crippen molar-refractivity contribution in [2.75, 3.05) is 22.1 Å². The van der Waals surface area contributed by atoms with Crippen LogP contribution in [-0.4, -0.2) is 36.3 Å². The van der Waals surface area contributed by atoms with Gasteiger partial charge >= 0.3 is 5.97 Å². The lowest BCUT2D eigenvalue weighted by Crippen LogP contribution is -2.52. The number of para-hydroxylation sites is 2. The molecule has 0 unspecified atom stereocenters. The third-order valence-corrected chi connectivity index (χ3v) is 5.69. The number of aryl methyl sites for hydroxylation is 1. The van der Waals surface area contributed by atoms with E-state index in [9.17, 15) is 19.2 Å². The van der Waals surface area contributed by atoms with Crippen LogP contribution in [0.5, 0.6) is 0 Å². The molecule has 1 atom stereocenters. The number of hydrogen-bond donors (Lipinski definition) is 2. The van der Waals surface area contributed by atoms with Crippen molar-refractivity contribution in [1.29, 1.82) is 0 Å². The minimum atomic E-state index is -1.05. The van der Waals surface area contributed by atoms with Crippen molar-refractivity contribution in [2.24, 2.45) is 0 Å². The van der Waals surface area contributed by atoms with Crippen molar-refractivity contribution in [1.82, 2.24) is 0 Å². The molecule has 1 aliphatic rings. The smallest absolute Gasteiger partial charge is 0.338 e. The molecule has 3 aromatic rings. The van der Waals surface area contributed by atoms with E-state index in [4.69, 9.17) is 4.74 Å². The molecule has 3 amide bonds. The van der Waals surface area contributed by atoms with Gasteiger partial charge in [-0.3, -0.25) is 19.3 Å². The number of benzene rings is 3. The van der Waals surface area contributed by atoms with E-state index in [0.29, 0.717) is 28.2 Å². The number of amides is 3. The van der Waals surface area contributed by atoms with Crippen LogP contribution in [0.2, 0.25) is 0 Å². The molecule has 178 valence electrons. The number of anilines is 3. The van der Waals surface area contributed by atoms with Gasteiger partial charge in [-0.05, 0) is 61.9 Å². The summed E-state index contributed by atoms with van der Waals surface area (Å²) in [5.41, 5.74) is 3.07. The van der Waals surface area contributed by atoms with Gasteiger partial charge in [0.2, 0.25) is 11.8 Å². The fourth-order valence-corrected chi connectivity index (χ4v) is 3.96. The van der Waals surface area contributed by atoms with Gasteiger partial charge in [0.25, 0.3) is 5.91 Å². The SMILES string of the molecule is CCOC(=O)c1ccc(NC(=O)C[C@@H]2C(=O)Nc3ccccc3N2C(=O)c2ccccc2C)cc1. The van der Waals surface area contributed by atoms with Crippen LogP contribution in [0.3, 0.4) is 0 Å². The molecule has 0 radical (unpaired) electrons. The van der Waals surface area contributed by atoms with E-state index in [2.05, 4.69) is 10.6 Å². The summed E-state index contributed by atoms with van der Waals surface area (Å²) < 4.78 is 4.96. The van der Waals surface area contributed by atoms with Gasteiger partial charge in [0.05, 0.1) is 30.0 Å². The maximum Gasteiger partial charge on any atom is 0.338 e. The van der Waals surface area contributed by atoms with Gasteiger partial charge in [-0.2, -0.15) is 0 Å². The summed E-state index contributed by atoms with van der Waals surface area (Å²) in [5, 5.41) is 5.53. The third-order valence-electron chi connectivity index (χ3n) is 5.69. The molecule has 1 heterocycles. The van der Waals surface area contributed by atoms with E-state index in [1.807, 2.05) is 19.1 Å². The lowest BCUT2D eigenvalue weighted by molar-refractivity contribution is -0.122. The predicted molar refractivity (Wildman–Crippen MR) is 132 cm³/mol. The Morgan fingerprint density at radius 1 is 0.971 bits per heavy atom. The summed E-state index contributed by atoms with van der Waals surface area (Å²) in [6.07, 6.45) is -0.253. The second-order valence-electron chi connectivity index (χ2n) is 8.06. The maximum atomic E-state index is 13.6. The van der Waals surface area contributed by atoms with E-state index in [-0.39, 0.29) is 18.9 Å². The minimum Gasteiger partial charge on any atom is -0.462 e. The molecule has 0 aliphatic carbocycles. The fourth-order valence-electron chi connectivity index (χ4n) is 3.96. The number of ether oxygens (including phenoxy) is 1. The third kappa shape index (κ3) is 5.06. The van der Waals surface area contributed by atoms with Gasteiger partial charge in [0.15, 0.2) is 0 Å². The largest absolute Gasteiger partial charge is 0.462 e. The van der Waals surface area contributed by atoms with Crippen molar-refractivity contribution in [3.63, 3.8) is 0 Å². The molecule has 0 spiro atoms. The summed E-state index contributed by atoms with van der Waals surface area (Å²) >= 11 is 0. The molecule has 3 aromatic carbocycles. The maximum absolute atomic E-state index is 13.6. The Labute approximate surface area is 202 Å². The molecule has 1 aliphatic heterocycles. The monoisotopic (exact) mass is 471 g/mol. The number of hydrogen-bond acceptors (Lipinski definition) is 5. The Hall–Kier alpha value is -4.46. The molecule has 35 heavy (non-hydrogen) atoms. The second kappa shape index (κ2) is 10.2. The Bertz CT molecular complexity index is 1290. The van der Waals surface area contributed by atoms with Gasteiger partial charge < -0.3 is 15.4 Å². The van der Waals surface area contributed by atoms with E-state index in [0.717, 1.165) is 5.56 Å². The molecule has 0 fully saturated rings. The number of nitrogens with zero attached hydrogens (tertiary/aromatic N) is 1.